The van der Waals surface area contributed by atoms with E-state index in [0.29, 0.717) is 45.5 Å². The Bertz CT molecular complexity index is 1440. The summed E-state index contributed by atoms with van der Waals surface area (Å²) in [6.07, 6.45) is -6.52. The first-order chi connectivity index (χ1) is 19.3. The summed E-state index contributed by atoms with van der Waals surface area (Å²) in [6.45, 7) is -2.03. The molecule has 1 saturated heterocycles. The average Bonchev–Trinajstić information content (AvgIpc) is 3.55. The number of aromatic nitrogens is 2. The van der Waals surface area contributed by atoms with Crippen molar-refractivity contribution in [2.75, 3.05) is 19.8 Å². The standard InChI is InChI=1S/C26H25Cl2F5N4O4/c1-37-18-9-20(41-11-21(29)30)15(24(38)35-12-26(31,32)33)7-17(18)36-22(37)8-14-16(27)5-4-13(23(14)28)10-34-25(39)19-3-2-6-40-19/h4-5,7,9,19,21H,2-3,6,8,10-12H2,1H3,(H,34,39)(H,35,38). The molecule has 2 amide bonds. The second-order valence-electron chi connectivity index (χ2n) is 9.32. The van der Waals surface area contributed by atoms with Crippen molar-refractivity contribution >= 4 is 46.0 Å². The summed E-state index contributed by atoms with van der Waals surface area (Å²) in [6, 6.07) is 5.73. The molecule has 1 atom stereocenters. The monoisotopic (exact) mass is 622 g/mol. The van der Waals surface area contributed by atoms with Crippen LogP contribution in [-0.4, -0.2) is 59.8 Å². The molecule has 1 unspecified atom stereocenters. The first-order valence-corrected chi connectivity index (χ1v) is 13.2. The average molecular weight is 623 g/mol. The van der Waals surface area contributed by atoms with Gasteiger partial charge in [-0.3, -0.25) is 9.59 Å². The van der Waals surface area contributed by atoms with Crippen molar-refractivity contribution in [3.63, 3.8) is 0 Å². The van der Waals surface area contributed by atoms with E-state index in [1.165, 1.54) is 12.1 Å². The second-order valence-corrected chi connectivity index (χ2v) is 10.1. The molecule has 4 rings (SSSR count). The van der Waals surface area contributed by atoms with E-state index in [0.717, 1.165) is 6.42 Å². The fourth-order valence-corrected chi connectivity index (χ4v) is 4.91. The van der Waals surface area contributed by atoms with Crippen LogP contribution in [0.5, 0.6) is 5.75 Å². The Morgan fingerprint density at radius 3 is 2.63 bits per heavy atom. The van der Waals surface area contributed by atoms with Crippen LogP contribution in [0.25, 0.3) is 11.0 Å². The maximum atomic E-state index is 12.8. The van der Waals surface area contributed by atoms with E-state index in [1.807, 2.05) is 0 Å². The van der Waals surface area contributed by atoms with Crippen molar-refractivity contribution in [3.8, 4) is 5.75 Å². The van der Waals surface area contributed by atoms with Crippen LogP contribution in [0.1, 0.15) is 40.2 Å². The van der Waals surface area contributed by atoms with Gasteiger partial charge in [0.25, 0.3) is 12.3 Å². The van der Waals surface area contributed by atoms with Gasteiger partial charge in [0.15, 0.2) is 0 Å². The Morgan fingerprint density at radius 2 is 1.98 bits per heavy atom. The normalized spacial score (nSPS) is 15.5. The molecular weight excluding hydrogens is 598 g/mol. The third-order valence-electron chi connectivity index (χ3n) is 6.41. The Morgan fingerprint density at radius 1 is 1.22 bits per heavy atom. The number of ether oxygens (including phenoxy) is 2. The van der Waals surface area contributed by atoms with Crippen LogP contribution in [0.4, 0.5) is 22.0 Å². The van der Waals surface area contributed by atoms with E-state index in [2.05, 4.69) is 10.3 Å². The molecular formula is C26H25Cl2F5N4O4. The fraction of sp³-hybridized carbons (Fsp3) is 0.423. The van der Waals surface area contributed by atoms with Crippen molar-refractivity contribution in [2.45, 2.75) is 44.5 Å². The van der Waals surface area contributed by atoms with Gasteiger partial charge >= 0.3 is 6.18 Å². The number of carbonyl (C=O) groups is 2. The first-order valence-electron chi connectivity index (χ1n) is 12.4. The number of halogens is 7. The van der Waals surface area contributed by atoms with Gasteiger partial charge in [-0.1, -0.05) is 29.3 Å². The number of fused-ring (bicyclic) bond motifs is 1. The number of carbonyl (C=O) groups excluding carboxylic acids is 2. The number of aryl methyl sites for hydroxylation is 1. The van der Waals surface area contributed by atoms with Gasteiger partial charge in [-0.15, -0.1) is 0 Å². The summed E-state index contributed by atoms with van der Waals surface area (Å²) in [4.78, 5) is 29.3. The summed E-state index contributed by atoms with van der Waals surface area (Å²) >= 11 is 13.1. The number of nitrogens with zero attached hydrogens (tertiary/aromatic N) is 2. The summed E-state index contributed by atoms with van der Waals surface area (Å²) < 4.78 is 75.7. The zero-order valence-corrected chi connectivity index (χ0v) is 23.1. The minimum absolute atomic E-state index is 0.0964. The van der Waals surface area contributed by atoms with Crippen molar-refractivity contribution in [1.82, 2.24) is 20.2 Å². The molecule has 2 N–H and O–H groups in total. The summed E-state index contributed by atoms with van der Waals surface area (Å²) in [5, 5.41) is 5.13. The van der Waals surface area contributed by atoms with E-state index >= 15 is 0 Å². The molecule has 1 aliphatic rings. The van der Waals surface area contributed by atoms with Crippen molar-refractivity contribution in [3.05, 3.63) is 56.8 Å². The molecule has 3 aromatic rings. The Hall–Kier alpha value is -3.16. The largest absolute Gasteiger partial charge is 0.487 e. The maximum absolute atomic E-state index is 12.8. The molecule has 1 fully saturated rings. The predicted molar refractivity (Wildman–Crippen MR) is 141 cm³/mol. The van der Waals surface area contributed by atoms with Gasteiger partial charge in [-0.2, -0.15) is 13.2 Å². The molecule has 8 nitrogen and oxygen atoms in total. The molecule has 15 heteroatoms. The molecule has 0 spiro atoms. The molecule has 0 aliphatic carbocycles. The number of rotatable bonds is 10. The molecule has 41 heavy (non-hydrogen) atoms. The number of imidazole rings is 1. The first kappa shape index (κ1) is 30.8. The lowest BCUT2D eigenvalue weighted by Gasteiger charge is -2.14. The SMILES string of the molecule is Cn1c(Cc2c(Cl)ccc(CNC(=O)C3CCCO3)c2Cl)nc2cc(C(=O)NCC(F)(F)F)c(OCC(F)F)cc21. The predicted octanol–water partition coefficient (Wildman–Crippen LogP) is 5.20. The third kappa shape index (κ3) is 7.57. The van der Waals surface area contributed by atoms with Gasteiger partial charge in [0.05, 0.1) is 21.6 Å². The number of hydrogen-bond acceptors (Lipinski definition) is 5. The molecule has 2 heterocycles. The molecule has 222 valence electrons. The van der Waals surface area contributed by atoms with Crippen molar-refractivity contribution in [2.24, 2.45) is 7.05 Å². The molecule has 0 radical (unpaired) electrons. The molecule has 1 aliphatic heterocycles. The van der Waals surface area contributed by atoms with Crippen LogP contribution in [0, 0.1) is 0 Å². The van der Waals surface area contributed by atoms with Crippen LogP contribution >= 0.6 is 23.2 Å². The number of amides is 2. The van der Waals surface area contributed by atoms with Crippen LogP contribution in [0.3, 0.4) is 0 Å². The van der Waals surface area contributed by atoms with E-state index in [4.69, 9.17) is 32.7 Å². The highest BCUT2D eigenvalue weighted by Gasteiger charge is 2.29. The van der Waals surface area contributed by atoms with Gasteiger partial charge in [-0.05, 0) is 36.1 Å². The smallest absolute Gasteiger partial charge is 0.405 e. The van der Waals surface area contributed by atoms with E-state index in [9.17, 15) is 31.5 Å². The lowest BCUT2D eigenvalue weighted by Crippen LogP contribution is -2.34. The molecule has 0 bridgehead atoms. The van der Waals surface area contributed by atoms with Gasteiger partial charge in [0, 0.05) is 37.7 Å². The second kappa shape index (κ2) is 12.8. The quantitative estimate of drug-likeness (QED) is 0.303. The van der Waals surface area contributed by atoms with Crippen molar-refractivity contribution in [1.29, 1.82) is 0 Å². The van der Waals surface area contributed by atoms with E-state index < -0.39 is 37.8 Å². The van der Waals surface area contributed by atoms with Gasteiger partial charge in [0.1, 0.15) is 30.8 Å². The minimum Gasteiger partial charge on any atom is -0.487 e. The lowest BCUT2D eigenvalue weighted by molar-refractivity contribution is -0.130. The zero-order valence-electron chi connectivity index (χ0n) is 21.6. The van der Waals surface area contributed by atoms with Crippen LogP contribution in [0.15, 0.2) is 24.3 Å². The lowest BCUT2D eigenvalue weighted by atomic mass is 10.1. The highest BCUT2D eigenvalue weighted by Crippen LogP contribution is 2.33. The highest BCUT2D eigenvalue weighted by atomic mass is 35.5. The number of nitrogens with one attached hydrogen (secondary N) is 2. The maximum Gasteiger partial charge on any atom is 0.405 e. The van der Waals surface area contributed by atoms with Crippen LogP contribution in [0.2, 0.25) is 10.0 Å². The summed E-state index contributed by atoms with van der Waals surface area (Å²) in [7, 11) is 1.62. The van der Waals surface area contributed by atoms with Crippen LogP contribution in [-0.2, 0) is 29.5 Å². The topological polar surface area (TPSA) is 94.5 Å². The summed E-state index contributed by atoms with van der Waals surface area (Å²) in [5.41, 5.74) is 1.28. The minimum atomic E-state index is -4.68. The zero-order chi connectivity index (χ0) is 29.9. The van der Waals surface area contributed by atoms with Gasteiger partial charge < -0.3 is 24.7 Å². The fourth-order valence-electron chi connectivity index (χ4n) is 4.34. The van der Waals surface area contributed by atoms with E-state index in [-0.39, 0.29) is 35.7 Å². The van der Waals surface area contributed by atoms with Crippen molar-refractivity contribution < 1.29 is 41.0 Å². The van der Waals surface area contributed by atoms with Crippen LogP contribution < -0.4 is 15.4 Å². The number of hydrogen-bond donors (Lipinski definition) is 2. The van der Waals surface area contributed by atoms with Gasteiger partial charge in [0.2, 0.25) is 5.91 Å². The molecule has 1 aromatic heterocycles. The van der Waals surface area contributed by atoms with E-state index in [1.54, 1.807) is 29.1 Å². The highest BCUT2D eigenvalue weighted by molar-refractivity contribution is 6.36. The van der Waals surface area contributed by atoms with Gasteiger partial charge in [-0.25, -0.2) is 13.8 Å². The number of benzene rings is 2. The molecule has 0 saturated carbocycles. The number of alkyl halides is 5. The third-order valence-corrected chi connectivity index (χ3v) is 7.23. The summed E-state index contributed by atoms with van der Waals surface area (Å²) in [5.74, 6) is -1.33. The Balaban J connectivity index is 1.62. The Labute approximate surface area is 241 Å². The molecule has 2 aromatic carbocycles. The Kier molecular flexibility index (Phi) is 9.60.